The molecule has 0 atom stereocenters. The second-order valence-electron chi connectivity index (χ2n) is 3.02. The van der Waals surface area contributed by atoms with Crippen molar-refractivity contribution < 1.29 is 17.9 Å². The Hall–Kier alpha value is -1.17. The minimum absolute atomic E-state index is 0.105. The van der Waals surface area contributed by atoms with Gasteiger partial charge in [0.1, 0.15) is 6.61 Å². The van der Waals surface area contributed by atoms with Crippen molar-refractivity contribution in [3.8, 4) is 0 Å². The maximum Gasteiger partial charge on any atom is 0.411 e. The first-order chi connectivity index (χ1) is 7.08. The molecule has 0 radical (unpaired) electrons. The molecule has 0 fully saturated rings. The van der Waals surface area contributed by atoms with Crippen LogP contribution in [0.1, 0.15) is 6.42 Å². The Kier molecular flexibility index (Phi) is 4.48. The smallest absolute Gasteiger partial charge is 0.372 e. The molecule has 0 saturated carbocycles. The summed E-state index contributed by atoms with van der Waals surface area (Å²) in [7, 11) is 0. The molecule has 15 heavy (non-hydrogen) atoms. The third-order valence-corrected chi connectivity index (χ3v) is 1.63. The van der Waals surface area contributed by atoms with Crippen LogP contribution < -0.4 is 5.43 Å². The molecule has 0 aliphatic rings. The normalized spacial score (nSPS) is 11.7. The molecule has 1 N–H and O–H groups in total. The molecule has 0 aromatic carbocycles. The van der Waals surface area contributed by atoms with E-state index in [2.05, 4.69) is 10.2 Å². The van der Waals surface area contributed by atoms with E-state index in [-0.39, 0.29) is 6.61 Å². The zero-order valence-corrected chi connectivity index (χ0v) is 8.13. The van der Waals surface area contributed by atoms with Gasteiger partial charge in [0.2, 0.25) is 0 Å². The predicted octanol–water partition coefficient (Wildman–Crippen LogP) is 2.00. The Bertz CT molecular complexity index is 259. The molecule has 1 rings (SSSR count). The van der Waals surface area contributed by atoms with Crippen LogP contribution >= 0.6 is 0 Å². The van der Waals surface area contributed by atoms with Crippen molar-refractivity contribution in [1.29, 1.82) is 0 Å². The van der Waals surface area contributed by atoms with Crippen LogP contribution in [0, 0.1) is 0 Å². The van der Waals surface area contributed by atoms with Crippen molar-refractivity contribution in [2.45, 2.75) is 12.6 Å². The van der Waals surface area contributed by atoms with E-state index in [0.717, 1.165) is 0 Å². The van der Waals surface area contributed by atoms with Crippen LogP contribution in [0.2, 0.25) is 0 Å². The molecule has 3 nitrogen and oxygen atoms in total. The number of hydrogen-bond acceptors (Lipinski definition) is 2. The third-order valence-electron chi connectivity index (χ3n) is 1.63. The van der Waals surface area contributed by atoms with Crippen molar-refractivity contribution in [3.05, 3.63) is 24.5 Å². The first kappa shape index (κ1) is 11.9. The lowest BCUT2D eigenvalue weighted by Gasteiger charge is -2.09. The maximum absolute atomic E-state index is 11.6. The Balaban J connectivity index is 1.94. The van der Waals surface area contributed by atoms with Crippen LogP contribution in [0.25, 0.3) is 0 Å². The quantitative estimate of drug-likeness (QED) is 0.745. The molecular formula is C9H13F3N2O. The van der Waals surface area contributed by atoms with Crippen LogP contribution in [-0.4, -0.2) is 30.6 Å². The van der Waals surface area contributed by atoms with Crippen LogP contribution in [-0.2, 0) is 4.74 Å². The minimum atomic E-state index is -4.23. The standard InChI is InChI=1S/C9H13F3N2O/c10-9(11,12)8-15-7-3-4-13-14-5-1-2-6-14/h1-2,5-6,13H,3-4,7-8H2. The average Bonchev–Trinajstić information content (AvgIpc) is 2.61. The fourth-order valence-electron chi connectivity index (χ4n) is 1.01. The Labute approximate surface area is 85.8 Å². The van der Waals surface area contributed by atoms with Crippen LogP contribution in [0.4, 0.5) is 13.2 Å². The highest BCUT2D eigenvalue weighted by Gasteiger charge is 2.27. The zero-order valence-electron chi connectivity index (χ0n) is 8.13. The van der Waals surface area contributed by atoms with Crippen molar-refractivity contribution in [3.63, 3.8) is 0 Å². The molecule has 86 valence electrons. The number of hydrogen-bond donors (Lipinski definition) is 1. The summed E-state index contributed by atoms with van der Waals surface area (Å²) in [6.45, 7) is -0.489. The molecule has 0 amide bonds. The molecular weight excluding hydrogens is 209 g/mol. The summed E-state index contributed by atoms with van der Waals surface area (Å²) in [6, 6.07) is 3.71. The largest absolute Gasteiger partial charge is 0.411 e. The summed E-state index contributed by atoms with van der Waals surface area (Å²) in [6.07, 6.45) is -0.0603. The first-order valence-electron chi connectivity index (χ1n) is 4.59. The van der Waals surface area contributed by atoms with Gasteiger partial charge >= 0.3 is 6.18 Å². The van der Waals surface area contributed by atoms with Gasteiger partial charge in [0.05, 0.1) is 0 Å². The van der Waals surface area contributed by atoms with Gasteiger partial charge in [-0.25, -0.2) is 0 Å². The zero-order chi connectivity index (χ0) is 11.1. The van der Waals surface area contributed by atoms with Gasteiger partial charge in [-0.1, -0.05) is 0 Å². The van der Waals surface area contributed by atoms with E-state index in [4.69, 9.17) is 0 Å². The molecule has 6 heteroatoms. The summed E-state index contributed by atoms with van der Waals surface area (Å²) in [4.78, 5) is 0. The highest BCUT2D eigenvalue weighted by molar-refractivity contribution is 4.92. The first-order valence-corrected chi connectivity index (χ1v) is 4.59. The molecule has 0 spiro atoms. The summed E-state index contributed by atoms with van der Waals surface area (Å²) in [5.41, 5.74) is 2.98. The fraction of sp³-hybridized carbons (Fsp3) is 0.556. The number of aromatic nitrogens is 1. The molecule has 0 bridgehead atoms. The third kappa shape index (κ3) is 6.01. The van der Waals surface area contributed by atoms with Gasteiger partial charge in [-0.15, -0.1) is 0 Å². The number of rotatable bonds is 6. The molecule has 0 saturated heterocycles. The van der Waals surface area contributed by atoms with Gasteiger partial charge in [-0.3, -0.25) is 4.68 Å². The Morgan fingerprint density at radius 1 is 1.20 bits per heavy atom. The van der Waals surface area contributed by atoms with Crippen LogP contribution in [0.3, 0.4) is 0 Å². The number of nitrogens with one attached hydrogen (secondary N) is 1. The van der Waals surface area contributed by atoms with E-state index in [1.807, 2.05) is 24.5 Å². The maximum atomic E-state index is 11.6. The van der Waals surface area contributed by atoms with Crippen LogP contribution in [0.15, 0.2) is 24.5 Å². The second-order valence-corrected chi connectivity index (χ2v) is 3.02. The number of ether oxygens (including phenoxy) is 1. The van der Waals surface area contributed by atoms with E-state index in [1.165, 1.54) is 0 Å². The van der Waals surface area contributed by atoms with E-state index in [1.54, 1.807) is 4.68 Å². The Morgan fingerprint density at radius 2 is 1.87 bits per heavy atom. The minimum Gasteiger partial charge on any atom is -0.372 e. The van der Waals surface area contributed by atoms with Crippen molar-refractivity contribution in [2.24, 2.45) is 0 Å². The lowest BCUT2D eigenvalue weighted by molar-refractivity contribution is -0.173. The Morgan fingerprint density at radius 3 is 2.47 bits per heavy atom. The monoisotopic (exact) mass is 222 g/mol. The molecule has 0 aliphatic heterocycles. The molecule has 1 heterocycles. The van der Waals surface area contributed by atoms with E-state index in [9.17, 15) is 13.2 Å². The molecule has 1 aromatic heterocycles. The lowest BCUT2D eigenvalue weighted by Crippen LogP contribution is -2.19. The summed E-state index contributed by atoms with van der Waals surface area (Å²) in [5.74, 6) is 0. The SMILES string of the molecule is FC(F)(F)COCCCNn1cccc1. The van der Waals surface area contributed by atoms with Gasteiger partial charge in [-0.05, 0) is 18.6 Å². The van der Waals surface area contributed by atoms with Gasteiger partial charge in [0, 0.05) is 25.5 Å². The average molecular weight is 222 g/mol. The van der Waals surface area contributed by atoms with Gasteiger partial charge in [-0.2, -0.15) is 13.2 Å². The second kappa shape index (κ2) is 5.65. The topological polar surface area (TPSA) is 26.2 Å². The number of halogens is 3. The summed E-state index contributed by atoms with van der Waals surface area (Å²) < 4.78 is 41.1. The summed E-state index contributed by atoms with van der Waals surface area (Å²) in [5, 5.41) is 0. The number of alkyl halides is 3. The van der Waals surface area contributed by atoms with Crippen LogP contribution in [0.5, 0.6) is 0 Å². The van der Waals surface area contributed by atoms with E-state index >= 15 is 0 Å². The van der Waals surface area contributed by atoms with Crippen molar-refractivity contribution >= 4 is 0 Å². The van der Waals surface area contributed by atoms with Gasteiger partial charge < -0.3 is 10.2 Å². The lowest BCUT2D eigenvalue weighted by atomic mass is 10.5. The highest BCUT2D eigenvalue weighted by atomic mass is 19.4. The number of nitrogens with zero attached hydrogens (tertiary/aromatic N) is 1. The summed E-state index contributed by atoms with van der Waals surface area (Å²) >= 11 is 0. The van der Waals surface area contributed by atoms with Crippen molar-refractivity contribution in [2.75, 3.05) is 25.2 Å². The van der Waals surface area contributed by atoms with E-state index < -0.39 is 12.8 Å². The molecule has 1 aromatic rings. The van der Waals surface area contributed by atoms with Crippen molar-refractivity contribution in [1.82, 2.24) is 4.68 Å². The van der Waals surface area contributed by atoms with Gasteiger partial charge in [0.15, 0.2) is 0 Å². The molecule has 0 aliphatic carbocycles. The highest BCUT2D eigenvalue weighted by Crippen LogP contribution is 2.14. The van der Waals surface area contributed by atoms with E-state index in [0.29, 0.717) is 13.0 Å². The fourth-order valence-corrected chi connectivity index (χ4v) is 1.01. The van der Waals surface area contributed by atoms with Gasteiger partial charge in [0.25, 0.3) is 0 Å². The predicted molar refractivity (Wildman–Crippen MR) is 50.2 cm³/mol. The molecule has 0 unspecified atom stereocenters.